The van der Waals surface area contributed by atoms with E-state index >= 15 is 0 Å². The number of piperazine rings is 1. The summed E-state index contributed by atoms with van der Waals surface area (Å²) >= 11 is 3.53. The molecule has 2 saturated heterocycles. The first-order valence-electron chi connectivity index (χ1n) is 12.2. The monoisotopic (exact) mass is 536 g/mol. The number of halogens is 1. The summed E-state index contributed by atoms with van der Waals surface area (Å²) < 4.78 is 6.46. The molecule has 2 fully saturated rings. The van der Waals surface area contributed by atoms with Gasteiger partial charge in [-0.2, -0.15) is 0 Å². The smallest absolute Gasteiger partial charge is 0.254 e. The maximum absolute atomic E-state index is 14.1. The van der Waals surface area contributed by atoms with Crippen LogP contribution >= 0.6 is 15.9 Å². The summed E-state index contributed by atoms with van der Waals surface area (Å²) in [7, 11) is 0. The number of rotatable bonds is 4. The summed E-state index contributed by atoms with van der Waals surface area (Å²) in [4.78, 5) is 37.1. The van der Waals surface area contributed by atoms with Gasteiger partial charge in [-0.25, -0.2) is 0 Å². The zero-order valence-electron chi connectivity index (χ0n) is 19.8. The number of ether oxygens (including phenoxy) is 1. The fraction of sp³-hybridized carbons (Fsp3) is 0.407. The molecule has 1 aromatic heterocycles. The number of carbonyl (C=O) groups is 2. The Morgan fingerprint density at radius 3 is 2.57 bits per heavy atom. The first-order chi connectivity index (χ1) is 17.0. The van der Waals surface area contributed by atoms with E-state index in [4.69, 9.17) is 4.74 Å². The van der Waals surface area contributed by atoms with Gasteiger partial charge in [0.25, 0.3) is 5.91 Å². The summed E-state index contributed by atoms with van der Waals surface area (Å²) in [6.07, 6.45) is 0. The highest BCUT2D eigenvalue weighted by molar-refractivity contribution is 9.10. The van der Waals surface area contributed by atoms with Crippen LogP contribution in [0.4, 0.5) is 0 Å². The fourth-order valence-electron chi connectivity index (χ4n) is 5.94. The van der Waals surface area contributed by atoms with E-state index in [1.54, 1.807) is 4.90 Å². The number of carbonyl (C=O) groups excluding carboxylic acids is 2. The van der Waals surface area contributed by atoms with Crippen LogP contribution in [0.2, 0.25) is 0 Å². The van der Waals surface area contributed by atoms with E-state index in [0.717, 1.165) is 51.8 Å². The molecule has 2 atom stereocenters. The maximum Gasteiger partial charge on any atom is 0.254 e. The predicted octanol–water partition coefficient (Wildman–Crippen LogP) is 3.29. The highest BCUT2D eigenvalue weighted by atomic mass is 79.9. The summed E-state index contributed by atoms with van der Waals surface area (Å²) in [6.45, 7) is 6.97. The average Bonchev–Trinajstić information content (AvgIpc) is 3.28. The summed E-state index contributed by atoms with van der Waals surface area (Å²) in [5.41, 5.74) is 3.04. The van der Waals surface area contributed by atoms with Crippen LogP contribution in [-0.4, -0.2) is 84.0 Å². The van der Waals surface area contributed by atoms with Gasteiger partial charge < -0.3 is 19.5 Å². The Kier molecular flexibility index (Phi) is 5.70. The van der Waals surface area contributed by atoms with Crippen LogP contribution in [0.15, 0.2) is 53.0 Å². The van der Waals surface area contributed by atoms with Crippen molar-refractivity contribution >= 4 is 38.6 Å². The molecule has 8 heteroatoms. The van der Waals surface area contributed by atoms with Gasteiger partial charge in [-0.1, -0.05) is 46.3 Å². The van der Waals surface area contributed by atoms with E-state index in [1.165, 1.54) is 0 Å². The van der Waals surface area contributed by atoms with Crippen molar-refractivity contribution in [2.24, 2.45) is 0 Å². The molecule has 2 amide bonds. The zero-order chi connectivity index (χ0) is 24.2. The van der Waals surface area contributed by atoms with Crippen molar-refractivity contribution in [3.8, 4) is 0 Å². The SMILES string of the molecule is CC12C(=O)N(CCN3CCOCC3)CC(=O)N1CC(c1ccc(Br)cc1)c1c2[nH]c2ccccc12. The van der Waals surface area contributed by atoms with E-state index in [0.29, 0.717) is 26.3 Å². The molecule has 3 aliphatic rings. The predicted molar refractivity (Wildman–Crippen MR) is 137 cm³/mol. The second kappa shape index (κ2) is 8.76. The van der Waals surface area contributed by atoms with Crippen LogP contribution in [0.3, 0.4) is 0 Å². The van der Waals surface area contributed by atoms with Gasteiger partial charge in [0.15, 0.2) is 5.54 Å². The third-order valence-electron chi connectivity index (χ3n) is 7.88. The molecular formula is C27H29BrN4O3. The van der Waals surface area contributed by atoms with Crippen LogP contribution in [0.5, 0.6) is 0 Å². The lowest BCUT2D eigenvalue weighted by Gasteiger charge is -2.51. The number of nitrogens with one attached hydrogen (secondary N) is 1. The van der Waals surface area contributed by atoms with Gasteiger partial charge in [-0.05, 0) is 36.2 Å². The van der Waals surface area contributed by atoms with Crippen molar-refractivity contribution in [3.05, 3.63) is 69.8 Å². The van der Waals surface area contributed by atoms with Gasteiger partial charge in [-0.3, -0.25) is 14.5 Å². The number of benzene rings is 2. The topological polar surface area (TPSA) is 68.9 Å². The minimum Gasteiger partial charge on any atom is -0.379 e. The van der Waals surface area contributed by atoms with E-state index in [-0.39, 0.29) is 24.3 Å². The van der Waals surface area contributed by atoms with Crippen LogP contribution < -0.4 is 0 Å². The van der Waals surface area contributed by atoms with Crippen molar-refractivity contribution in [1.29, 1.82) is 0 Å². The number of aromatic amines is 1. The molecule has 2 unspecified atom stereocenters. The Hall–Kier alpha value is -2.68. The van der Waals surface area contributed by atoms with Gasteiger partial charge in [0, 0.05) is 54.0 Å². The van der Waals surface area contributed by atoms with Crippen molar-refractivity contribution in [2.45, 2.75) is 18.4 Å². The highest BCUT2D eigenvalue weighted by Crippen LogP contribution is 2.48. The quantitative estimate of drug-likeness (QED) is 0.555. The molecule has 1 N–H and O–H groups in total. The number of para-hydroxylation sites is 1. The minimum absolute atomic E-state index is 0.000459. The number of fused-ring (bicyclic) bond motifs is 5. The Bertz CT molecular complexity index is 1280. The Morgan fingerprint density at radius 1 is 1.06 bits per heavy atom. The molecule has 7 nitrogen and oxygen atoms in total. The lowest BCUT2D eigenvalue weighted by atomic mass is 9.76. The van der Waals surface area contributed by atoms with Gasteiger partial charge in [0.2, 0.25) is 5.91 Å². The Morgan fingerprint density at radius 2 is 1.80 bits per heavy atom. The van der Waals surface area contributed by atoms with Crippen molar-refractivity contribution < 1.29 is 14.3 Å². The molecule has 0 spiro atoms. The van der Waals surface area contributed by atoms with Crippen molar-refractivity contribution in [3.63, 3.8) is 0 Å². The molecule has 0 saturated carbocycles. The number of morpholine rings is 1. The standard InChI is InChI=1S/C27H29BrN4O3/c1-27-25-24(20-4-2-3-5-22(20)29-25)21(18-6-8-19(28)9-7-18)16-32(27)23(33)17-31(26(27)34)11-10-30-12-14-35-15-13-30/h2-9,21,29H,10-17H2,1H3. The van der Waals surface area contributed by atoms with Gasteiger partial charge in [0.1, 0.15) is 0 Å². The molecule has 3 aromatic rings. The number of aromatic nitrogens is 1. The van der Waals surface area contributed by atoms with Gasteiger partial charge >= 0.3 is 0 Å². The highest BCUT2D eigenvalue weighted by Gasteiger charge is 2.56. The van der Waals surface area contributed by atoms with Crippen molar-refractivity contribution in [1.82, 2.24) is 19.7 Å². The normalized spacial score (nSPS) is 25.1. The average molecular weight is 537 g/mol. The van der Waals surface area contributed by atoms with Crippen LogP contribution in [0.1, 0.15) is 29.7 Å². The molecule has 3 aliphatic heterocycles. The van der Waals surface area contributed by atoms with Crippen molar-refractivity contribution in [2.75, 3.05) is 52.5 Å². The third kappa shape index (κ3) is 3.70. The maximum atomic E-state index is 14.1. The Labute approximate surface area is 213 Å². The molecule has 0 aliphatic carbocycles. The first-order valence-corrected chi connectivity index (χ1v) is 13.0. The second-order valence-corrected chi connectivity index (χ2v) is 10.7. The number of H-pyrrole nitrogens is 1. The van der Waals surface area contributed by atoms with E-state index in [1.807, 2.05) is 42.2 Å². The molecule has 35 heavy (non-hydrogen) atoms. The molecule has 0 radical (unpaired) electrons. The summed E-state index contributed by atoms with van der Waals surface area (Å²) in [5.74, 6) is -0.0214. The Balaban J connectivity index is 1.42. The minimum atomic E-state index is -1.06. The summed E-state index contributed by atoms with van der Waals surface area (Å²) in [6, 6.07) is 16.5. The zero-order valence-corrected chi connectivity index (χ0v) is 21.4. The molecule has 2 aromatic carbocycles. The number of nitrogens with zero attached hydrogens (tertiary/aromatic N) is 3. The number of hydrogen-bond donors (Lipinski definition) is 1. The molecule has 4 heterocycles. The van der Waals surface area contributed by atoms with Crippen LogP contribution in [0.25, 0.3) is 10.9 Å². The fourth-order valence-corrected chi connectivity index (χ4v) is 6.20. The second-order valence-electron chi connectivity index (χ2n) is 9.82. The van der Waals surface area contributed by atoms with Crippen LogP contribution in [0, 0.1) is 0 Å². The molecular weight excluding hydrogens is 508 g/mol. The lowest BCUT2D eigenvalue weighted by molar-refractivity contribution is -0.166. The molecule has 6 rings (SSSR count). The molecule has 0 bridgehead atoms. The molecule has 182 valence electrons. The van der Waals surface area contributed by atoms with E-state index in [2.05, 4.69) is 44.0 Å². The van der Waals surface area contributed by atoms with Gasteiger partial charge in [-0.15, -0.1) is 0 Å². The number of amides is 2. The van der Waals surface area contributed by atoms with E-state index < -0.39 is 5.54 Å². The number of hydrogen-bond acceptors (Lipinski definition) is 4. The summed E-state index contributed by atoms with van der Waals surface area (Å²) in [5, 5.41) is 1.11. The van der Waals surface area contributed by atoms with Crippen LogP contribution in [-0.2, 0) is 19.9 Å². The van der Waals surface area contributed by atoms with E-state index in [9.17, 15) is 9.59 Å². The first kappa shape index (κ1) is 22.8. The van der Waals surface area contributed by atoms with Gasteiger partial charge in [0.05, 0.1) is 25.5 Å². The lowest BCUT2D eigenvalue weighted by Crippen LogP contribution is -2.68. The largest absolute Gasteiger partial charge is 0.379 e. The third-order valence-corrected chi connectivity index (χ3v) is 8.41.